The SMILES string of the molecule is COc1cccc(C23CCN(CC4CC4)CC2CCC(NC(=O)C=Cc2cccc(O)c2)C3)c1. The molecule has 0 aromatic heterocycles. The Morgan fingerprint density at radius 1 is 1.18 bits per heavy atom. The lowest BCUT2D eigenvalue weighted by atomic mass is 9.58. The summed E-state index contributed by atoms with van der Waals surface area (Å²) in [5.41, 5.74) is 2.24. The number of likely N-dealkylation sites (tertiary alicyclic amines) is 1. The van der Waals surface area contributed by atoms with Crippen molar-refractivity contribution in [1.29, 1.82) is 0 Å². The summed E-state index contributed by atoms with van der Waals surface area (Å²) in [7, 11) is 1.73. The van der Waals surface area contributed by atoms with Crippen molar-refractivity contribution in [3.8, 4) is 11.5 Å². The van der Waals surface area contributed by atoms with E-state index in [1.165, 1.54) is 24.9 Å². The summed E-state index contributed by atoms with van der Waals surface area (Å²) in [6.07, 6.45) is 10.4. The molecule has 2 aromatic rings. The number of amides is 1. The van der Waals surface area contributed by atoms with Gasteiger partial charge < -0.3 is 20.1 Å². The standard InChI is InChI=1S/C29H36N2O3/c1-34-27-7-3-5-23(17-27)29-14-15-31(19-22-8-9-22)20-24(29)11-12-25(18-29)30-28(33)13-10-21-4-2-6-26(32)16-21/h2-7,10,13,16-17,22,24-25,32H,8-9,11-12,14-15,18-20H2,1H3,(H,30,33). The molecule has 2 aromatic carbocycles. The van der Waals surface area contributed by atoms with E-state index in [1.54, 1.807) is 37.5 Å². The van der Waals surface area contributed by atoms with Gasteiger partial charge in [-0.05, 0) is 98.4 Å². The van der Waals surface area contributed by atoms with Crippen LogP contribution in [-0.4, -0.2) is 48.7 Å². The van der Waals surface area contributed by atoms with Crippen LogP contribution in [0.25, 0.3) is 6.08 Å². The molecule has 3 aliphatic rings. The molecule has 34 heavy (non-hydrogen) atoms. The smallest absolute Gasteiger partial charge is 0.244 e. The highest BCUT2D eigenvalue weighted by molar-refractivity contribution is 5.92. The first-order chi connectivity index (χ1) is 16.5. The van der Waals surface area contributed by atoms with Crippen molar-refractivity contribution >= 4 is 12.0 Å². The highest BCUT2D eigenvalue weighted by Gasteiger charge is 2.48. The minimum absolute atomic E-state index is 0.0692. The Balaban J connectivity index is 1.32. The summed E-state index contributed by atoms with van der Waals surface area (Å²) in [4.78, 5) is 15.5. The molecule has 3 fully saturated rings. The quantitative estimate of drug-likeness (QED) is 0.585. The fourth-order valence-corrected chi connectivity index (χ4v) is 6.15. The Labute approximate surface area is 202 Å². The monoisotopic (exact) mass is 460 g/mol. The normalized spacial score (nSPS) is 27.3. The van der Waals surface area contributed by atoms with Crippen LogP contribution < -0.4 is 10.1 Å². The van der Waals surface area contributed by atoms with Crippen molar-refractivity contribution in [3.05, 3.63) is 65.7 Å². The van der Waals surface area contributed by atoms with Crippen LogP contribution in [0.15, 0.2) is 54.6 Å². The van der Waals surface area contributed by atoms with Crippen LogP contribution in [0.1, 0.15) is 49.7 Å². The third kappa shape index (κ3) is 5.15. The summed E-state index contributed by atoms with van der Waals surface area (Å²) in [6.45, 7) is 3.54. The minimum atomic E-state index is -0.0706. The molecule has 0 radical (unpaired) electrons. The third-order valence-corrected chi connectivity index (χ3v) is 8.11. The van der Waals surface area contributed by atoms with Crippen LogP contribution in [-0.2, 0) is 10.2 Å². The van der Waals surface area contributed by atoms with Crippen LogP contribution in [0, 0.1) is 11.8 Å². The van der Waals surface area contributed by atoms with Crippen LogP contribution in [0.4, 0.5) is 0 Å². The Kier molecular flexibility index (Phi) is 6.64. The molecule has 5 rings (SSSR count). The maximum Gasteiger partial charge on any atom is 0.244 e. The largest absolute Gasteiger partial charge is 0.508 e. The van der Waals surface area contributed by atoms with Crippen molar-refractivity contribution < 1.29 is 14.6 Å². The number of ether oxygens (including phenoxy) is 1. The van der Waals surface area contributed by atoms with E-state index < -0.39 is 0 Å². The van der Waals surface area contributed by atoms with Crippen molar-refractivity contribution in [2.45, 2.75) is 50.0 Å². The zero-order chi connectivity index (χ0) is 23.5. The number of aromatic hydroxyl groups is 1. The van der Waals surface area contributed by atoms with Gasteiger partial charge >= 0.3 is 0 Å². The number of fused-ring (bicyclic) bond motifs is 1. The van der Waals surface area contributed by atoms with Gasteiger partial charge in [0.2, 0.25) is 5.91 Å². The topological polar surface area (TPSA) is 61.8 Å². The number of rotatable bonds is 7. The maximum atomic E-state index is 12.8. The summed E-state index contributed by atoms with van der Waals surface area (Å²) < 4.78 is 5.57. The van der Waals surface area contributed by atoms with E-state index in [0.29, 0.717) is 5.92 Å². The zero-order valence-corrected chi connectivity index (χ0v) is 20.1. The van der Waals surface area contributed by atoms with E-state index in [-0.39, 0.29) is 23.1 Å². The van der Waals surface area contributed by atoms with Gasteiger partial charge in [-0.3, -0.25) is 4.79 Å². The van der Waals surface area contributed by atoms with E-state index in [2.05, 4.69) is 28.4 Å². The van der Waals surface area contributed by atoms with Crippen LogP contribution >= 0.6 is 0 Å². The van der Waals surface area contributed by atoms with Crippen LogP contribution in [0.2, 0.25) is 0 Å². The highest BCUT2D eigenvalue weighted by atomic mass is 16.5. The second kappa shape index (κ2) is 9.83. The van der Waals surface area contributed by atoms with E-state index in [9.17, 15) is 9.90 Å². The number of nitrogens with zero attached hydrogens (tertiary/aromatic N) is 1. The van der Waals surface area contributed by atoms with Crippen LogP contribution in [0.3, 0.4) is 0 Å². The second-order valence-electron chi connectivity index (χ2n) is 10.5. The van der Waals surface area contributed by atoms with Gasteiger partial charge in [-0.2, -0.15) is 0 Å². The van der Waals surface area contributed by atoms with E-state index >= 15 is 0 Å². The minimum Gasteiger partial charge on any atom is -0.508 e. The predicted molar refractivity (Wildman–Crippen MR) is 135 cm³/mol. The fraction of sp³-hybridized carbons (Fsp3) is 0.483. The van der Waals surface area contributed by atoms with Gasteiger partial charge in [0.05, 0.1) is 7.11 Å². The number of methoxy groups -OCH3 is 1. The molecule has 1 aliphatic heterocycles. The lowest BCUT2D eigenvalue weighted by Gasteiger charge is -2.53. The summed E-state index contributed by atoms with van der Waals surface area (Å²) in [6, 6.07) is 15.7. The molecular formula is C29H36N2O3. The third-order valence-electron chi connectivity index (χ3n) is 8.11. The Hall–Kier alpha value is -2.79. The first-order valence-corrected chi connectivity index (χ1v) is 12.7. The number of nitrogens with one attached hydrogen (secondary N) is 1. The first kappa shape index (κ1) is 23.0. The van der Waals surface area contributed by atoms with Crippen LogP contribution in [0.5, 0.6) is 11.5 Å². The second-order valence-corrected chi connectivity index (χ2v) is 10.5. The predicted octanol–water partition coefficient (Wildman–Crippen LogP) is 4.75. The Bertz CT molecular complexity index is 1050. The number of carbonyl (C=O) groups is 1. The molecule has 3 unspecified atom stereocenters. The van der Waals surface area contributed by atoms with Gasteiger partial charge in [-0.1, -0.05) is 24.3 Å². The summed E-state index contributed by atoms with van der Waals surface area (Å²) >= 11 is 0. The number of hydrogen-bond acceptors (Lipinski definition) is 4. The average molecular weight is 461 g/mol. The molecular weight excluding hydrogens is 424 g/mol. The number of piperidine rings is 1. The van der Waals surface area contributed by atoms with E-state index in [1.807, 2.05) is 12.1 Å². The molecule has 5 heteroatoms. The van der Waals surface area contributed by atoms with Gasteiger partial charge in [0.15, 0.2) is 0 Å². The molecule has 1 saturated heterocycles. The number of benzene rings is 2. The average Bonchev–Trinajstić information content (AvgIpc) is 3.67. The van der Waals surface area contributed by atoms with Crippen molar-refractivity contribution in [2.75, 3.05) is 26.7 Å². The molecule has 180 valence electrons. The van der Waals surface area contributed by atoms with Gasteiger partial charge in [0.1, 0.15) is 11.5 Å². The molecule has 2 aliphatic carbocycles. The van der Waals surface area contributed by atoms with Gasteiger partial charge in [-0.15, -0.1) is 0 Å². The Morgan fingerprint density at radius 3 is 2.82 bits per heavy atom. The fourth-order valence-electron chi connectivity index (χ4n) is 6.15. The molecule has 0 spiro atoms. The number of hydrogen-bond donors (Lipinski definition) is 2. The van der Waals surface area contributed by atoms with E-state index in [0.717, 1.165) is 56.0 Å². The number of phenols is 1. The summed E-state index contributed by atoms with van der Waals surface area (Å²) in [5.74, 6) is 2.56. The molecule has 2 saturated carbocycles. The molecule has 3 atom stereocenters. The number of phenolic OH excluding ortho intramolecular Hbond substituents is 1. The van der Waals surface area contributed by atoms with Gasteiger partial charge in [0, 0.05) is 30.6 Å². The maximum absolute atomic E-state index is 12.8. The Morgan fingerprint density at radius 2 is 2.03 bits per heavy atom. The molecule has 1 heterocycles. The first-order valence-electron chi connectivity index (χ1n) is 12.7. The lowest BCUT2D eigenvalue weighted by molar-refractivity contribution is -0.117. The number of carbonyl (C=O) groups excluding carboxylic acids is 1. The van der Waals surface area contributed by atoms with Gasteiger partial charge in [0.25, 0.3) is 0 Å². The van der Waals surface area contributed by atoms with Crippen molar-refractivity contribution in [1.82, 2.24) is 10.2 Å². The highest BCUT2D eigenvalue weighted by Crippen LogP contribution is 2.50. The molecule has 2 N–H and O–H groups in total. The van der Waals surface area contributed by atoms with Crippen molar-refractivity contribution in [2.24, 2.45) is 11.8 Å². The molecule has 1 amide bonds. The van der Waals surface area contributed by atoms with Gasteiger partial charge in [-0.25, -0.2) is 0 Å². The molecule has 0 bridgehead atoms. The van der Waals surface area contributed by atoms with E-state index in [4.69, 9.17) is 4.74 Å². The molecule has 5 nitrogen and oxygen atoms in total. The zero-order valence-electron chi connectivity index (χ0n) is 20.1. The van der Waals surface area contributed by atoms with Crippen molar-refractivity contribution in [3.63, 3.8) is 0 Å². The summed E-state index contributed by atoms with van der Waals surface area (Å²) in [5, 5.41) is 12.9. The lowest BCUT2D eigenvalue weighted by Crippen LogP contribution is -2.56.